The van der Waals surface area contributed by atoms with Gasteiger partial charge in [0.2, 0.25) is 15.8 Å². The number of sulfonamides is 1. The molecule has 12 heteroatoms. The Morgan fingerprint density at radius 1 is 1.03 bits per heavy atom. The summed E-state index contributed by atoms with van der Waals surface area (Å²) in [5, 5.41) is 1.63. The molecule has 35 heavy (non-hydrogen) atoms. The van der Waals surface area contributed by atoms with Crippen molar-refractivity contribution < 1.29 is 17.9 Å². The minimum atomic E-state index is -3.68. The first-order chi connectivity index (χ1) is 16.4. The van der Waals surface area contributed by atoms with Gasteiger partial charge in [0.05, 0.1) is 7.11 Å². The minimum absolute atomic E-state index is 0. The van der Waals surface area contributed by atoms with E-state index >= 15 is 0 Å². The molecule has 1 saturated heterocycles. The molecule has 1 amide bonds. The van der Waals surface area contributed by atoms with Crippen molar-refractivity contribution in [3.8, 4) is 16.9 Å². The van der Waals surface area contributed by atoms with Crippen LogP contribution < -0.4 is 4.74 Å². The Morgan fingerprint density at radius 2 is 1.69 bits per heavy atom. The number of nitrogens with zero attached hydrogens (tertiary/aromatic N) is 5. The summed E-state index contributed by atoms with van der Waals surface area (Å²) in [4.78, 5) is 26.7. The molecular weight excluding hydrogens is 513 g/mol. The van der Waals surface area contributed by atoms with Crippen LogP contribution in [0.1, 0.15) is 16.2 Å². The standard InChI is InChI=1S/C23H22ClN5O4S.ClH/c1-33-21-14-20(24)3-2-18(21)6-13-34(31,32)29-11-9-28(10-12-29)23(30)22-26-15-19(16-27-22)17-4-7-25-8-5-17;/h2-8,13-16H,9-12H2,1H3;1H/b13-6+;. The molecule has 0 bridgehead atoms. The molecule has 1 aromatic carbocycles. The van der Waals surface area contributed by atoms with Crippen LogP contribution in [0.3, 0.4) is 0 Å². The highest BCUT2D eigenvalue weighted by atomic mass is 35.5. The SMILES string of the molecule is COc1cc(Cl)ccc1/C=C/S(=O)(=O)N1CCN(C(=O)c2ncc(-c3ccncc3)cn2)CC1.Cl. The number of ether oxygens (including phenoxy) is 1. The van der Waals surface area contributed by atoms with Crippen LogP contribution in [0.4, 0.5) is 0 Å². The van der Waals surface area contributed by atoms with Gasteiger partial charge in [0, 0.05) is 72.5 Å². The quantitative estimate of drug-likeness (QED) is 0.476. The van der Waals surface area contributed by atoms with Crippen molar-refractivity contribution >= 4 is 46.0 Å². The van der Waals surface area contributed by atoms with Crippen LogP contribution in [0.2, 0.25) is 5.02 Å². The molecule has 3 aromatic rings. The van der Waals surface area contributed by atoms with Gasteiger partial charge >= 0.3 is 0 Å². The number of aromatic nitrogens is 3. The Hall–Kier alpha value is -3.05. The highest BCUT2D eigenvalue weighted by molar-refractivity contribution is 7.92. The summed E-state index contributed by atoms with van der Waals surface area (Å²) in [5.74, 6) is 0.216. The van der Waals surface area contributed by atoms with Gasteiger partial charge in [-0.15, -0.1) is 12.4 Å². The third-order valence-electron chi connectivity index (χ3n) is 5.36. The second-order valence-electron chi connectivity index (χ2n) is 7.46. The highest BCUT2D eigenvalue weighted by Gasteiger charge is 2.29. The molecule has 3 heterocycles. The smallest absolute Gasteiger partial charge is 0.291 e. The molecule has 0 radical (unpaired) electrons. The summed E-state index contributed by atoms with van der Waals surface area (Å²) >= 11 is 5.95. The van der Waals surface area contributed by atoms with E-state index in [1.165, 1.54) is 17.5 Å². The molecule has 0 atom stereocenters. The van der Waals surface area contributed by atoms with Crippen molar-refractivity contribution in [2.45, 2.75) is 0 Å². The first kappa shape index (κ1) is 26.6. The summed E-state index contributed by atoms with van der Waals surface area (Å²) in [6, 6.07) is 8.62. The number of carbonyl (C=O) groups is 1. The Balaban J connectivity index is 0.00000342. The fraction of sp³-hybridized carbons (Fsp3) is 0.217. The Morgan fingerprint density at radius 3 is 2.31 bits per heavy atom. The largest absolute Gasteiger partial charge is 0.496 e. The number of carbonyl (C=O) groups excluding carboxylic acids is 1. The zero-order chi connectivity index (χ0) is 24.1. The number of piperazine rings is 1. The second kappa shape index (κ2) is 11.6. The van der Waals surface area contributed by atoms with E-state index in [4.69, 9.17) is 16.3 Å². The zero-order valence-electron chi connectivity index (χ0n) is 18.7. The van der Waals surface area contributed by atoms with E-state index in [1.54, 1.807) is 47.9 Å². The third-order valence-corrected chi connectivity index (χ3v) is 7.16. The number of hydrogen-bond acceptors (Lipinski definition) is 7. The maximum atomic E-state index is 12.8. The maximum absolute atomic E-state index is 12.8. The van der Waals surface area contributed by atoms with Gasteiger partial charge in [-0.1, -0.05) is 11.6 Å². The Labute approximate surface area is 214 Å². The van der Waals surface area contributed by atoms with Gasteiger partial charge in [0.15, 0.2) is 0 Å². The lowest BCUT2D eigenvalue weighted by Crippen LogP contribution is -2.50. The van der Waals surface area contributed by atoms with E-state index in [9.17, 15) is 13.2 Å². The van der Waals surface area contributed by atoms with Crippen molar-refractivity contribution in [1.82, 2.24) is 24.2 Å². The summed E-state index contributed by atoms with van der Waals surface area (Å²) in [6.07, 6.45) is 7.99. The van der Waals surface area contributed by atoms with Crippen LogP contribution in [-0.4, -0.2) is 71.8 Å². The van der Waals surface area contributed by atoms with Crippen molar-refractivity contribution in [1.29, 1.82) is 0 Å². The summed E-state index contributed by atoms with van der Waals surface area (Å²) < 4.78 is 32.2. The number of methoxy groups -OCH3 is 1. The van der Waals surface area contributed by atoms with Gasteiger partial charge in [-0.2, -0.15) is 4.31 Å². The zero-order valence-corrected chi connectivity index (χ0v) is 21.1. The van der Waals surface area contributed by atoms with Gasteiger partial charge in [-0.3, -0.25) is 9.78 Å². The van der Waals surface area contributed by atoms with Crippen LogP contribution in [0.25, 0.3) is 17.2 Å². The molecule has 184 valence electrons. The molecule has 0 saturated carbocycles. The molecule has 4 rings (SSSR count). The highest BCUT2D eigenvalue weighted by Crippen LogP contribution is 2.25. The lowest BCUT2D eigenvalue weighted by Gasteiger charge is -2.32. The molecule has 0 N–H and O–H groups in total. The number of rotatable bonds is 6. The first-order valence-electron chi connectivity index (χ1n) is 10.4. The monoisotopic (exact) mass is 535 g/mol. The van der Waals surface area contributed by atoms with Crippen molar-refractivity contribution in [2.24, 2.45) is 0 Å². The predicted molar refractivity (Wildman–Crippen MR) is 136 cm³/mol. The van der Waals surface area contributed by atoms with Gasteiger partial charge in [0.25, 0.3) is 5.91 Å². The van der Waals surface area contributed by atoms with E-state index in [-0.39, 0.29) is 50.3 Å². The van der Waals surface area contributed by atoms with Gasteiger partial charge in [-0.25, -0.2) is 18.4 Å². The fourth-order valence-corrected chi connectivity index (χ4v) is 4.81. The number of halogens is 2. The molecule has 2 aromatic heterocycles. The number of benzene rings is 1. The average molecular weight is 536 g/mol. The lowest BCUT2D eigenvalue weighted by atomic mass is 10.1. The number of hydrogen-bond donors (Lipinski definition) is 0. The van der Waals surface area contributed by atoms with Gasteiger partial charge in [0.1, 0.15) is 5.75 Å². The van der Waals surface area contributed by atoms with Gasteiger partial charge < -0.3 is 9.64 Å². The molecule has 9 nitrogen and oxygen atoms in total. The number of amides is 1. The van der Waals surface area contributed by atoms with E-state index in [1.807, 2.05) is 12.1 Å². The molecule has 0 aliphatic carbocycles. The summed E-state index contributed by atoms with van der Waals surface area (Å²) in [7, 11) is -2.19. The lowest BCUT2D eigenvalue weighted by molar-refractivity contribution is 0.0686. The van der Waals surface area contributed by atoms with E-state index in [2.05, 4.69) is 15.0 Å². The normalized spacial score (nSPS) is 14.5. The average Bonchev–Trinajstić information content (AvgIpc) is 2.88. The van der Waals surface area contributed by atoms with Crippen LogP contribution in [0.5, 0.6) is 5.75 Å². The molecule has 1 aliphatic rings. The van der Waals surface area contributed by atoms with Crippen molar-refractivity contribution in [3.63, 3.8) is 0 Å². The van der Waals surface area contributed by atoms with Crippen LogP contribution >= 0.6 is 24.0 Å². The van der Waals surface area contributed by atoms with E-state index in [0.717, 1.165) is 16.5 Å². The van der Waals surface area contributed by atoms with Gasteiger partial charge in [-0.05, 0) is 42.0 Å². The summed E-state index contributed by atoms with van der Waals surface area (Å²) in [5.41, 5.74) is 2.27. The first-order valence-corrected chi connectivity index (χ1v) is 12.3. The van der Waals surface area contributed by atoms with E-state index < -0.39 is 10.0 Å². The minimum Gasteiger partial charge on any atom is -0.496 e. The Bertz CT molecular complexity index is 1300. The van der Waals surface area contributed by atoms with Crippen molar-refractivity contribution in [2.75, 3.05) is 33.3 Å². The molecular formula is C23H23Cl2N5O4S. The second-order valence-corrected chi connectivity index (χ2v) is 9.71. The number of pyridine rings is 1. The van der Waals surface area contributed by atoms with Crippen molar-refractivity contribution in [3.05, 3.63) is 76.9 Å². The molecule has 1 fully saturated rings. The summed E-state index contributed by atoms with van der Waals surface area (Å²) in [6.45, 7) is 0.827. The van der Waals surface area contributed by atoms with Crippen LogP contribution in [-0.2, 0) is 10.0 Å². The maximum Gasteiger partial charge on any atom is 0.291 e. The fourth-order valence-electron chi connectivity index (χ4n) is 3.49. The predicted octanol–water partition coefficient (Wildman–Crippen LogP) is 3.38. The Kier molecular flexibility index (Phi) is 8.79. The third kappa shape index (κ3) is 6.34. The van der Waals surface area contributed by atoms with E-state index in [0.29, 0.717) is 16.3 Å². The van der Waals surface area contributed by atoms with Crippen LogP contribution in [0.15, 0.2) is 60.5 Å². The molecule has 0 unspecified atom stereocenters. The molecule has 0 spiro atoms. The molecule has 1 aliphatic heterocycles. The van der Waals surface area contributed by atoms with Crippen LogP contribution in [0, 0.1) is 0 Å². The topological polar surface area (TPSA) is 106 Å².